The van der Waals surface area contributed by atoms with Gasteiger partial charge in [0.25, 0.3) is 0 Å². The highest BCUT2D eigenvalue weighted by Crippen LogP contribution is 2.31. The fourth-order valence-electron chi connectivity index (χ4n) is 3.09. The summed E-state index contributed by atoms with van der Waals surface area (Å²) in [4.78, 5) is 46.6. The summed E-state index contributed by atoms with van der Waals surface area (Å²) in [5, 5.41) is 19.0. The number of esters is 4. The van der Waals surface area contributed by atoms with Crippen LogP contribution >= 0.6 is 0 Å². The molecule has 0 aromatic heterocycles. The summed E-state index contributed by atoms with van der Waals surface area (Å²) in [7, 11) is 0. The van der Waals surface area contributed by atoms with E-state index in [4.69, 9.17) is 33.6 Å². The zero-order valence-electron chi connectivity index (χ0n) is 18.3. The molecule has 0 bridgehead atoms. The molecule has 1 aromatic carbocycles. The first-order chi connectivity index (χ1) is 15.5. The predicted molar refractivity (Wildman–Crippen MR) is 105 cm³/mol. The molecule has 1 aliphatic rings. The molecule has 2 rings (SSSR count). The van der Waals surface area contributed by atoms with E-state index >= 15 is 0 Å². The van der Waals surface area contributed by atoms with Crippen molar-refractivity contribution in [2.45, 2.75) is 58.4 Å². The zero-order valence-corrected chi connectivity index (χ0v) is 18.3. The largest absolute Gasteiger partial charge is 0.595 e. The van der Waals surface area contributed by atoms with Gasteiger partial charge in [-0.2, -0.15) is 5.23 Å². The molecule has 13 heteroatoms. The average molecular weight is 471 g/mol. The van der Waals surface area contributed by atoms with Crippen molar-refractivity contribution in [3.63, 3.8) is 0 Å². The van der Waals surface area contributed by atoms with E-state index in [0.717, 1.165) is 27.7 Å². The number of carbonyl (C=O) groups excluding carboxylic acids is 4. The molecule has 2 N–H and O–H groups in total. The molecule has 1 heterocycles. The van der Waals surface area contributed by atoms with Crippen molar-refractivity contribution in [3.8, 4) is 5.75 Å². The Morgan fingerprint density at radius 1 is 0.879 bits per heavy atom. The van der Waals surface area contributed by atoms with E-state index in [-0.39, 0.29) is 11.4 Å². The van der Waals surface area contributed by atoms with Gasteiger partial charge in [0, 0.05) is 39.8 Å². The lowest BCUT2D eigenvalue weighted by molar-refractivity contribution is -0.991. The monoisotopic (exact) mass is 471 g/mol. The lowest BCUT2D eigenvalue weighted by Gasteiger charge is -2.43. The second-order valence-electron chi connectivity index (χ2n) is 7.02. The quantitative estimate of drug-likeness (QED) is 0.285. The Bertz CT molecular complexity index is 855. The van der Waals surface area contributed by atoms with Crippen molar-refractivity contribution in [2.24, 2.45) is 0 Å². The van der Waals surface area contributed by atoms with E-state index in [9.17, 15) is 24.4 Å². The zero-order chi connectivity index (χ0) is 24.7. The Morgan fingerprint density at radius 2 is 1.39 bits per heavy atom. The molecular weight excluding hydrogens is 446 g/mol. The Kier molecular flexibility index (Phi) is 9.11. The number of hydrogen-bond donors (Lipinski definition) is 2. The van der Waals surface area contributed by atoms with Gasteiger partial charge in [-0.25, -0.2) is 5.21 Å². The first-order valence-electron chi connectivity index (χ1n) is 9.78. The minimum Gasteiger partial charge on any atom is -0.595 e. The molecule has 1 unspecified atom stereocenters. The smallest absolute Gasteiger partial charge is 0.303 e. The Labute approximate surface area is 188 Å². The van der Waals surface area contributed by atoms with Crippen LogP contribution in [-0.2, 0) is 42.9 Å². The van der Waals surface area contributed by atoms with Gasteiger partial charge < -0.3 is 33.6 Å². The molecule has 0 aliphatic carbocycles. The van der Waals surface area contributed by atoms with Crippen LogP contribution in [0, 0.1) is 5.21 Å². The van der Waals surface area contributed by atoms with Crippen molar-refractivity contribution in [2.75, 3.05) is 6.61 Å². The second kappa shape index (κ2) is 11.6. The highest BCUT2D eigenvalue weighted by Gasteiger charge is 2.53. The van der Waals surface area contributed by atoms with Crippen LogP contribution in [0.2, 0.25) is 0 Å². The summed E-state index contributed by atoms with van der Waals surface area (Å²) in [6, 6.07) is 5.25. The van der Waals surface area contributed by atoms with Crippen LogP contribution < -0.4 is 9.96 Å². The van der Waals surface area contributed by atoms with Crippen molar-refractivity contribution < 1.29 is 58.0 Å². The van der Waals surface area contributed by atoms with E-state index in [1.165, 1.54) is 24.3 Å². The van der Waals surface area contributed by atoms with Crippen LogP contribution in [0.1, 0.15) is 27.7 Å². The Morgan fingerprint density at radius 3 is 1.88 bits per heavy atom. The third kappa shape index (κ3) is 7.68. The average Bonchev–Trinajstić information content (AvgIpc) is 2.70. The maximum absolute atomic E-state index is 11.8. The van der Waals surface area contributed by atoms with Crippen molar-refractivity contribution in [3.05, 3.63) is 29.5 Å². The third-order valence-electron chi connectivity index (χ3n) is 4.30. The van der Waals surface area contributed by atoms with Crippen molar-refractivity contribution >= 4 is 29.6 Å². The highest BCUT2D eigenvalue weighted by atomic mass is 16.8. The second-order valence-corrected chi connectivity index (χ2v) is 7.02. The fourth-order valence-corrected chi connectivity index (χ4v) is 3.09. The minimum absolute atomic E-state index is 0.00361. The molecule has 0 spiro atoms. The maximum Gasteiger partial charge on any atom is 0.303 e. The summed E-state index contributed by atoms with van der Waals surface area (Å²) >= 11 is 0. The summed E-state index contributed by atoms with van der Waals surface area (Å²) < 4.78 is 32.4. The molecule has 0 saturated carbocycles. The van der Waals surface area contributed by atoms with Gasteiger partial charge in [-0.15, -0.1) is 0 Å². The number of hydrogen-bond acceptors (Lipinski definition) is 12. The van der Waals surface area contributed by atoms with Crippen LogP contribution in [0.15, 0.2) is 24.3 Å². The first-order valence-corrected chi connectivity index (χ1v) is 9.78. The van der Waals surface area contributed by atoms with E-state index in [1.54, 1.807) is 0 Å². The third-order valence-corrected chi connectivity index (χ3v) is 4.30. The SMILES string of the molecule is CC(=O)OC[C@@H]1O[C@H](Oc2ccc([NH+]([O-])O)cc2)[C@H](OC(C)=O)[C@@H](OC(C)=O)[C@@H]1OC(C)=O. The molecule has 0 radical (unpaired) electrons. The molecule has 1 aliphatic heterocycles. The number of nitrogens with one attached hydrogen (secondary N) is 1. The number of benzene rings is 1. The number of ether oxygens (including phenoxy) is 6. The molecule has 6 atom stereocenters. The summed E-state index contributed by atoms with van der Waals surface area (Å²) in [5.74, 6) is -2.80. The summed E-state index contributed by atoms with van der Waals surface area (Å²) in [6.45, 7) is 4.09. The fraction of sp³-hybridized carbons (Fsp3) is 0.500. The van der Waals surface area contributed by atoms with Gasteiger partial charge >= 0.3 is 23.9 Å². The molecular formula is C20H25NO12. The lowest BCUT2D eigenvalue weighted by atomic mass is 9.98. The lowest BCUT2D eigenvalue weighted by Crippen LogP contribution is -2.99. The molecule has 33 heavy (non-hydrogen) atoms. The van der Waals surface area contributed by atoms with E-state index < -0.39 is 66.4 Å². The normalized spacial score (nSPS) is 25.3. The van der Waals surface area contributed by atoms with Crippen LogP contribution in [0.5, 0.6) is 5.75 Å². The van der Waals surface area contributed by atoms with E-state index in [1.807, 2.05) is 0 Å². The predicted octanol–water partition coefficient (Wildman–Crippen LogP) is -0.448. The van der Waals surface area contributed by atoms with Gasteiger partial charge in [0.05, 0.1) is 0 Å². The van der Waals surface area contributed by atoms with Crippen LogP contribution in [0.3, 0.4) is 0 Å². The first kappa shape index (κ1) is 26.0. The minimum atomic E-state index is -1.40. The number of quaternary nitrogens is 1. The van der Waals surface area contributed by atoms with Gasteiger partial charge in [0.2, 0.25) is 12.4 Å². The molecule has 13 nitrogen and oxygen atoms in total. The van der Waals surface area contributed by atoms with Crippen molar-refractivity contribution in [1.29, 1.82) is 0 Å². The number of rotatable bonds is 8. The molecule has 1 aromatic rings. The molecule has 1 fully saturated rings. The highest BCUT2D eigenvalue weighted by molar-refractivity contribution is 5.68. The van der Waals surface area contributed by atoms with Gasteiger partial charge in [-0.1, -0.05) is 0 Å². The van der Waals surface area contributed by atoms with Gasteiger partial charge in [-0.05, 0) is 12.1 Å². The van der Waals surface area contributed by atoms with Crippen LogP contribution in [0.25, 0.3) is 0 Å². The Hall–Kier alpha value is -3.26. The topological polar surface area (TPSA) is 171 Å². The summed E-state index contributed by atoms with van der Waals surface area (Å²) in [6.07, 6.45) is -6.61. The maximum atomic E-state index is 11.8. The molecule has 1 saturated heterocycles. The Balaban J connectivity index is 2.42. The summed E-state index contributed by atoms with van der Waals surface area (Å²) in [5.41, 5.74) is 0.00361. The van der Waals surface area contributed by atoms with Crippen LogP contribution in [-0.4, -0.2) is 66.4 Å². The molecule has 0 amide bonds. The van der Waals surface area contributed by atoms with Gasteiger partial charge in [-0.3, -0.25) is 19.2 Å². The number of carbonyl (C=O) groups is 4. The molecule has 182 valence electrons. The van der Waals surface area contributed by atoms with Crippen LogP contribution in [0.4, 0.5) is 5.69 Å². The van der Waals surface area contributed by atoms with Crippen molar-refractivity contribution in [1.82, 2.24) is 0 Å². The van der Waals surface area contributed by atoms with Gasteiger partial charge in [0.1, 0.15) is 18.5 Å². The van der Waals surface area contributed by atoms with E-state index in [2.05, 4.69) is 0 Å². The van der Waals surface area contributed by atoms with Gasteiger partial charge in [0.15, 0.2) is 17.9 Å². The standard InChI is InChI=1S/C20H25NO12/c1-10(22)28-9-16-17(29-11(2)23)18(30-12(3)24)19(31-13(4)25)20(33-16)32-15-7-5-14(6-8-15)21(26)27/h5-8,16-21,26H,9H2,1-4H3/t16-,17+,18-,19+,20-/m0/s1. The van der Waals surface area contributed by atoms with E-state index in [0.29, 0.717) is 0 Å².